The number of nitrogens with two attached hydrogens (primary N) is 1. The van der Waals surface area contributed by atoms with Gasteiger partial charge < -0.3 is 20.7 Å². The van der Waals surface area contributed by atoms with Gasteiger partial charge >= 0.3 is 11.9 Å². The van der Waals surface area contributed by atoms with Crippen molar-refractivity contribution in [1.29, 1.82) is 0 Å². The Hall–Kier alpha value is -2.15. The van der Waals surface area contributed by atoms with Gasteiger partial charge in [-0.3, -0.25) is 9.59 Å². The van der Waals surface area contributed by atoms with Crippen molar-refractivity contribution in [3.05, 3.63) is 29.8 Å². The number of aliphatic carboxylic acids is 2. The molecule has 122 valence electrons. The molecule has 1 aromatic carbocycles. The highest BCUT2D eigenvalue weighted by molar-refractivity contribution is 5.73. The molecule has 0 radical (unpaired) electrons. The summed E-state index contributed by atoms with van der Waals surface area (Å²) >= 11 is 0. The molecule has 7 heteroatoms. The van der Waals surface area contributed by atoms with Gasteiger partial charge in [0.25, 0.3) is 0 Å². The van der Waals surface area contributed by atoms with Gasteiger partial charge in [-0.25, -0.2) is 4.39 Å². The molecular weight excluding hydrogens is 293 g/mol. The van der Waals surface area contributed by atoms with Crippen LogP contribution in [0, 0.1) is 5.92 Å². The van der Waals surface area contributed by atoms with Crippen LogP contribution in [0.4, 0.5) is 4.39 Å². The van der Waals surface area contributed by atoms with Crippen LogP contribution in [0.1, 0.15) is 25.3 Å². The Bertz CT molecular complexity index is 503. The van der Waals surface area contributed by atoms with Crippen molar-refractivity contribution in [2.24, 2.45) is 11.7 Å². The summed E-state index contributed by atoms with van der Waals surface area (Å²) in [7, 11) is 0. The second kappa shape index (κ2) is 8.33. The van der Waals surface area contributed by atoms with Crippen LogP contribution < -0.4 is 10.5 Å². The zero-order valence-corrected chi connectivity index (χ0v) is 12.2. The number of hydrogen-bond acceptors (Lipinski definition) is 4. The lowest BCUT2D eigenvalue weighted by molar-refractivity contribution is -0.143. The van der Waals surface area contributed by atoms with Gasteiger partial charge in [-0.2, -0.15) is 0 Å². The average Bonchev–Trinajstić information content (AvgIpc) is 2.43. The number of alkyl halides is 1. The molecule has 4 N–H and O–H groups in total. The van der Waals surface area contributed by atoms with E-state index in [0.29, 0.717) is 5.75 Å². The Balaban J connectivity index is 2.63. The number of benzene rings is 1. The van der Waals surface area contributed by atoms with E-state index in [9.17, 15) is 19.1 Å². The third-order valence-electron chi connectivity index (χ3n) is 3.20. The number of rotatable bonds is 9. The van der Waals surface area contributed by atoms with Crippen molar-refractivity contribution >= 4 is 11.9 Å². The lowest BCUT2D eigenvalue weighted by atomic mass is 9.93. The lowest BCUT2D eigenvalue weighted by Gasteiger charge is -2.14. The fourth-order valence-electron chi connectivity index (χ4n) is 1.99. The number of carboxylic acid groups (broad SMARTS) is 2. The van der Waals surface area contributed by atoms with E-state index in [1.165, 1.54) is 6.92 Å². The van der Waals surface area contributed by atoms with Gasteiger partial charge in [0, 0.05) is 6.92 Å². The molecule has 0 spiro atoms. The van der Waals surface area contributed by atoms with Gasteiger partial charge in [0.2, 0.25) is 6.36 Å². The zero-order valence-electron chi connectivity index (χ0n) is 12.2. The maximum atomic E-state index is 12.7. The van der Waals surface area contributed by atoms with Crippen LogP contribution in [-0.4, -0.2) is 34.6 Å². The van der Waals surface area contributed by atoms with Crippen molar-refractivity contribution in [2.75, 3.05) is 0 Å². The molecule has 0 saturated carbocycles. The van der Waals surface area contributed by atoms with E-state index in [1.807, 2.05) is 0 Å². The van der Waals surface area contributed by atoms with Crippen LogP contribution in [0.15, 0.2) is 24.3 Å². The third-order valence-corrected chi connectivity index (χ3v) is 3.20. The summed E-state index contributed by atoms with van der Waals surface area (Å²) in [5.41, 5.74) is 6.13. The number of ether oxygens (including phenoxy) is 1. The van der Waals surface area contributed by atoms with Gasteiger partial charge in [-0.05, 0) is 37.0 Å². The molecule has 0 bridgehead atoms. The molecule has 0 aliphatic heterocycles. The topological polar surface area (TPSA) is 110 Å². The molecule has 0 heterocycles. The second-order valence-corrected chi connectivity index (χ2v) is 5.07. The molecule has 0 aromatic heterocycles. The summed E-state index contributed by atoms with van der Waals surface area (Å²) in [6.45, 7) is 1.26. The SMILES string of the molecule is CC(F)Oc1ccc(C[C@H](CC[C@H](N)C(=O)O)C(=O)O)cc1. The fourth-order valence-corrected chi connectivity index (χ4v) is 1.99. The molecule has 0 fully saturated rings. The Morgan fingerprint density at radius 2 is 1.77 bits per heavy atom. The summed E-state index contributed by atoms with van der Waals surface area (Å²) in [6.07, 6.45) is -0.919. The molecule has 1 rings (SSSR count). The minimum Gasteiger partial charge on any atom is -0.481 e. The van der Waals surface area contributed by atoms with Crippen LogP contribution in [0.5, 0.6) is 5.75 Å². The molecule has 3 atom stereocenters. The largest absolute Gasteiger partial charge is 0.481 e. The lowest BCUT2D eigenvalue weighted by Crippen LogP contribution is -2.31. The summed E-state index contributed by atoms with van der Waals surface area (Å²) in [5, 5.41) is 17.9. The van der Waals surface area contributed by atoms with Crippen LogP contribution >= 0.6 is 0 Å². The van der Waals surface area contributed by atoms with Gasteiger partial charge in [0.05, 0.1) is 5.92 Å². The van der Waals surface area contributed by atoms with E-state index >= 15 is 0 Å². The highest BCUT2D eigenvalue weighted by Crippen LogP contribution is 2.19. The molecule has 22 heavy (non-hydrogen) atoms. The molecule has 6 nitrogen and oxygen atoms in total. The van der Waals surface area contributed by atoms with E-state index < -0.39 is 30.3 Å². The maximum Gasteiger partial charge on any atom is 0.320 e. The smallest absolute Gasteiger partial charge is 0.320 e. The number of hydrogen-bond donors (Lipinski definition) is 3. The van der Waals surface area contributed by atoms with Gasteiger partial charge in [-0.1, -0.05) is 12.1 Å². The Labute approximate surface area is 127 Å². The van der Waals surface area contributed by atoms with E-state index in [1.54, 1.807) is 24.3 Å². The van der Waals surface area contributed by atoms with Crippen molar-refractivity contribution in [3.8, 4) is 5.75 Å². The average molecular weight is 313 g/mol. The number of halogens is 1. The monoisotopic (exact) mass is 313 g/mol. The van der Waals surface area contributed by atoms with Crippen LogP contribution in [0.2, 0.25) is 0 Å². The minimum atomic E-state index is -1.42. The van der Waals surface area contributed by atoms with E-state index in [-0.39, 0.29) is 19.3 Å². The second-order valence-electron chi connectivity index (χ2n) is 5.07. The van der Waals surface area contributed by atoms with Crippen LogP contribution in [0.25, 0.3) is 0 Å². The molecule has 1 unspecified atom stereocenters. The van der Waals surface area contributed by atoms with Gasteiger partial charge in [0.1, 0.15) is 11.8 Å². The van der Waals surface area contributed by atoms with Crippen molar-refractivity contribution in [1.82, 2.24) is 0 Å². The van der Waals surface area contributed by atoms with Crippen molar-refractivity contribution in [3.63, 3.8) is 0 Å². The minimum absolute atomic E-state index is 0.0901. The highest BCUT2D eigenvalue weighted by Gasteiger charge is 2.21. The maximum absolute atomic E-state index is 12.7. The first-order valence-corrected chi connectivity index (χ1v) is 6.90. The summed E-state index contributed by atoms with van der Waals surface area (Å²) in [6, 6.07) is 5.37. The predicted octanol–water partition coefficient (Wildman–Crippen LogP) is 1.82. The number of carboxylic acids is 2. The molecular formula is C15H20FNO5. The molecule has 0 saturated heterocycles. The van der Waals surface area contributed by atoms with Gasteiger partial charge in [-0.15, -0.1) is 0 Å². The van der Waals surface area contributed by atoms with Crippen molar-refractivity contribution in [2.45, 2.75) is 38.6 Å². The Morgan fingerprint density at radius 3 is 2.23 bits per heavy atom. The molecule has 0 amide bonds. The summed E-state index contributed by atoms with van der Waals surface area (Å²) < 4.78 is 17.5. The Kier molecular flexibility index (Phi) is 6.78. The predicted molar refractivity (Wildman–Crippen MR) is 77.3 cm³/mol. The fraction of sp³-hybridized carbons (Fsp3) is 0.467. The van der Waals surface area contributed by atoms with E-state index in [0.717, 1.165) is 5.56 Å². The quantitative estimate of drug-likeness (QED) is 0.641. The number of carbonyl (C=O) groups is 2. The van der Waals surface area contributed by atoms with Crippen molar-refractivity contribution < 1.29 is 28.9 Å². The first kappa shape index (κ1) is 17.9. The first-order valence-electron chi connectivity index (χ1n) is 6.90. The van der Waals surface area contributed by atoms with E-state index in [4.69, 9.17) is 15.6 Å². The Morgan fingerprint density at radius 1 is 1.18 bits per heavy atom. The molecule has 0 aliphatic carbocycles. The van der Waals surface area contributed by atoms with Crippen LogP contribution in [0.3, 0.4) is 0 Å². The summed E-state index contributed by atoms with van der Waals surface area (Å²) in [5.74, 6) is -2.52. The normalized spacial score (nSPS) is 14.9. The van der Waals surface area contributed by atoms with E-state index in [2.05, 4.69) is 0 Å². The third kappa shape index (κ3) is 6.09. The highest BCUT2D eigenvalue weighted by atomic mass is 19.1. The molecule has 0 aliphatic rings. The molecule has 1 aromatic rings. The summed E-state index contributed by atoms with van der Waals surface area (Å²) in [4.78, 5) is 21.9. The van der Waals surface area contributed by atoms with Gasteiger partial charge in [0.15, 0.2) is 0 Å². The zero-order chi connectivity index (χ0) is 16.7. The van der Waals surface area contributed by atoms with Crippen LogP contribution in [-0.2, 0) is 16.0 Å². The first-order chi connectivity index (χ1) is 10.3. The standard InChI is InChI=1S/C15H20FNO5/c1-9(16)22-12-5-2-10(3-6-12)8-11(14(18)19)4-7-13(17)15(20)21/h2-3,5-6,9,11,13H,4,7-8,17H2,1H3,(H,18,19)(H,20,21)/t9?,11-,13-/m0/s1.